The van der Waals surface area contributed by atoms with Gasteiger partial charge in [-0.2, -0.15) is 9.40 Å². The molecular weight excluding hydrogens is 280 g/mol. The van der Waals surface area contributed by atoms with Gasteiger partial charge in [0.25, 0.3) is 10.0 Å². The van der Waals surface area contributed by atoms with Gasteiger partial charge in [0, 0.05) is 19.2 Å². The highest BCUT2D eigenvalue weighted by molar-refractivity contribution is 7.89. The van der Waals surface area contributed by atoms with Crippen molar-refractivity contribution in [1.82, 2.24) is 14.5 Å². The molecule has 0 aliphatic heterocycles. The minimum atomic E-state index is -3.60. The van der Waals surface area contributed by atoms with Crippen molar-refractivity contribution in [2.45, 2.75) is 11.6 Å². The van der Waals surface area contributed by atoms with E-state index in [4.69, 9.17) is 5.73 Å². The third-order valence-electron chi connectivity index (χ3n) is 2.81. The third-order valence-corrected chi connectivity index (χ3v) is 4.54. The number of H-pyrrole nitrogens is 1. The molecule has 1 heterocycles. The smallest absolute Gasteiger partial charge is 0.260 e. The van der Waals surface area contributed by atoms with Gasteiger partial charge in [0.05, 0.1) is 6.20 Å². The third kappa shape index (κ3) is 2.86. The highest BCUT2D eigenvalue weighted by Gasteiger charge is 2.22. The lowest BCUT2D eigenvalue weighted by Crippen LogP contribution is -2.26. The van der Waals surface area contributed by atoms with Crippen LogP contribution in [0.2, 0.25) is 0 Å². The van der Waals surface area contributed by atoms with Crippen LogP contribution in [0.25, 0.3) is 0 Å². The number of nitrogens with one attached hydrogen (secondary N) is 1. The molecule has 1 amide bonds. The van der Waals surface area contributed by atoms with E-state index >= 15 is 0 Å². The fourth-order valence-corrected chi connectivity index (χ4v) is 2.73. The van der Waals surface area contributed by atoms with Crippen LogP contribution >= 0.6 is 0 Å². The summed E-state index contributed by atoms with van der Waals surface area (Å²) in [4.78, 5) is 11.0. The Bertz CT molecular complexity index is 693. The summed E-state index contributed by atoms with van der Waals surface area (Å²) in [5, 5.41) is 6.09. The Labute approximate surface area is 116 Å². The first-order valence-electron chi connectivity index (χ1n) is 5.76. The molecule has 2 aromatic rings. The molecule has 2 rings (SSSR count). The summed E-state index contributed by atoms with van der Waals surface area (Å²) in [7, 11) is -2.13. The van der Waals surface area contributed by atoms with Gasteiger partial charge in [-0.05, 0) is 23.8 Å². The van der Waals surface area contributed by atoms with E-state index in [1.54, 1.807) is 24.3 Å². The van der Waals surface area contributed by atoms with Crippen molar-refractivity contribution < 1.29 is 13.2 Å². The van der Waals surface area contributed by atoms with Crippen LogP contribution in [0.15, 0.2) is 41.6 Å². The number of amides is 1. The Morgan fingerprint density at radius 1 is 1.30 bits per heavy atom. The summed E-state index contributed by atoms with van der Waals surface area (Å²) in [5.74, 6) is -0.519. The molecule has 0 atom stereocenters. The molecule has 1 aromatic heterocycles. The maximum absolute atomic E-state index is 12.2. The number of hydrogen-bond acceptors (Lipinski definition) is 4. The fourth-order valence-electron chi connectivity index (χ4n) is 1.67. The van der Waals surface area contributed by atoms with Crippen LogP contribution in [0.4, 0.5) is 0 Å². The van der Waals surface area contributed by atoms with Gasteiger partial charge in [0.15, 0.2) is 5.03 Å². The number of carbonyl (C=O) groups is 1. The highest BCUT2D eigenvalue weighted by Crippen LogP contribution is 2.14. The highest BCUT2D eigenvalue weighted by atomic mass is 32.2. The van der Waals surface area contributed by atoms with Crippen LogP contribution < -0.4 is 5.73 Å². The fraction of sp³-hybridized carbons (Fsp3) is 0.167. The monoisotopic (exact) mass is 294 g/mol. The van der Waals surface area contributed by atoms with Crippen molar-refractivity contribution in [2.75, 3.05) is 7.05 Å². The maximum Gasteiger partial charge on any atom is 0.260 e. The second-order valence-electron chi connectivity index (χ2n) is 4.24. The van der Waals surface area contributed by atoms with E-state index in [1.165, 1.54) is 23.6 Å². The molecular formula is C12H14N4O3S. The number of benzene rings is 1. The van der Waals surface area contributed by atoms with Gasteiger partial charge in [0.2, 0.25) is 5.91 Å². The molecule has 3 N–H and O–H groups in total. The molecule has 0 saturated carbocycles. The van der Waals surface area contributed by atoms with Crippen LogP contribution in [-0.4, -0.2) is 35.9 Å². The van der Waals surface area contributed by atoms with Gasteiger partial charge < -0.3 is 5.73 Å². The number of primary amides is 1. The van der Waals surface area contributed by atoms with E-state index < -0.39 is 15.9 Å². The predicted octanol–water partition coefficient (Wildman–Crippen LogP) is 0.329. The second-order valence-corrected chi connectivity index (χ2v) is 6.26. The summed E-state index contributed by atoms with van der Waals surface area (Å²) in [5.41, 5.74) is 6.27. The van der Waals surface area contributed by atoms with E-state index in [-0.39, 0.29) is 11.6 Å². The quantitative estimate of drug-likeness (QED) is 0.828. The van der Waals surface area contributed by atoms with Gasteiger partial charge in [-0.3, -0.25) is 9.89 Å². The van der Waals surface area contributed by atoms with Crippen LogP contribution in [0.3, 0.4) is 0 Å². The average Bonchev–Trinajstić information content (AvgIpc) is 2.93. The molecule has 0 aliphatic rings. The molecule has 7 nitrogen and oxygen atoms in total. The van der Waals surface area contributed by atoms with Crippen molar-refractivity contribution >= 4 is 15.9 Å². The first kappa shape index (κ1) is 14.2. The van der Waals surface area contributed by atoms with Gasteiger partial charge in [-0.15, -0.1) is 0 Å². The van der Waals surface area contributed by atoms with E-state index in [0.29, 0.717) is 5.56 Å². The number of nitrogens with two attached hydrogens (primary N) is 1. The zero-order valence-electron chi connectivity index (χ0n) is 10.8. The zero-order valence-corrected chi connectivity index (χ0v) is 11.6. The van der Waals surface area contributed by atoms with E-state index in [2.05, 4.69) is 10.2 Å². The first-order chi connectivity index (χ1) is 9.41. The minimum Gasteiger partial charge on any atom is -0.366 e. The van der Waals surface area contributed by atoms with Crippen LogP contribution in [0.5, 0.6) is 0 Å². The normalized spacial score (nSPS) is 11.7. The Hall–Kier alpha value is -2.19. The average molecular weight is 294 g/mol. The SMILES string of the molecule is CN(Cc1ccc(C(N)=O)cc1)S(=O)(=O)c1ccn[nH]1. The van der Waals surface area contributed by atoms with Crippen molar-refractivity contribution in [1.29, 1.82) is 0 Å². The van der Waals surface area contributed by atoms with E-state index in [9.17, 15) is 13.2 Å². The molecule has 106 valence electrons. The molecule has 8 heteroatoms. The van der Waals surface area contributed by atoms with Gasteiger partial charge in [-0.25, -0.2) is 8.42 Å². The summed E-state index contributed by atoms with van der Waals surface area (Å²) in [6.45, 7) is 0.181. The van der Waals surface area contributed by atoms with E-state index in [0.717, 1.165) is 5.56 Å². The van der Waals surface area contributed by atoms with Crippen molar-refractivity contribution in [3.05, 3.63) is 47.7 Å². The van der Waals surface area contributed by atoms with Crippen molar-refractivity contribution in [3.63, 3.8) is 0 Å². The molecule has 20 heavy (non-hydrogen) atoms. The number of rotatable bonds is 5. The molecule has 0 bridgehead atoms. The van der Waals surface area contributed by atoms with Gasteiger partial charge in [0.1, 0.15) is 0 Å². The number of aromatic amines is 1. The minimum absolute atomic E-state index is 0.0359. The Morgan fingerprint density at radius 2 is 1.95 bits per heavy atom. The number of carbonyl (C=O) groups excluding carboxylic acids is 1. The topological polar surface area (TPSA) is 109 Å². The lowest BCUT2D eigenvalue weighted by atomic mass is 10.1. The summed E-state index contributed by atoms with van der Waals surface area (Å²) in [6, 6.07) is 7.85. The summed E-state index contributed by atoms with van der Waals surface area (Å²) >= 11 is 0. The number of aromatic nitrogens is 2. The molecule has 0 unspecified atom stereocenters. The maximum atomic E-state index is 12.2. The standard InChI is InChI=1S/C12H14N4O3S/c1-16(20(18,19)11-6-7-14-15-11)8-9-2-4-10(5-3-9)12(13)17/h2-7H,8H2,1H3,(H2,13,17)(H,14,15). The van der Waals surface area contributed by atoms with E-state index in [1.807, 2.05) is 0 Å². The molecule has 0 radical (unpaired) electrons. The Balaban J connectivity index is 2.16. The first-order valence-corrected chi connectivity index (χ1v) is 7.20. The van der Waals surface area contributed by atoms with Crippen LogP contribution in [-0.2, 0) is 16.6 Å². The summed E-state index contributed by atoms with van der Waals surface area (Å²) < 4.78 is 25.5. The van der Waals surface area contributed by atoms with Crippen LogP contribution in [0, 0.1) is 0 Å². The Morgan fingerprint density at radius 3 is 2.45 bits per heavy atom. The lowest BCUT2D eigenvalue weighted by molar-refractivity contribution is 0.100. The number of hydrogen-bond donors (Lipinski definition) is 2. The second kappa shape index (κ2) is 5.43. The summed E-state index contributed by atoms with van der Waals surface area (Å²) in [6.07, 6.45) is 1.38. The lowest BCUT2D eigenvalue weighted by Gasteiger charge is -2.16. The van der Waals surface area contributed by atoms with Crippen molar-refractivity contribution in [3.8, 4) is 0 Å². The molecule has 0 aliphatic carbocycles. The van der Waals surface area contributed by atoms with Gasteiger partial charge in [-0.1, -0.05) is 12.1 Å². The molecule has 0 spiro atoms. The molecule has 0 saturated heterocycles. The molecule has 1 aromatic carbocycles. The number of sulfonamides is 1. The molecule has 0 fully saturated rings. The van der Waals surface area contributed by atoms with Gasteiger partial charge >= 0.3 is 0 Å². The van der Waals surface area contributed by atoms with Crippen LogP contribution in [0.1, 0.15) is 15.9 Å². The Kier molecular flexibility index (Phi) is 3.86. The largest absolute Gasteiger partial charge is 0.366 e. The zero-order chi connectivity index (χ0) is 14.8. The predicted molar refractivity (Wildman–Crippen MR) is 72.2 cm³/mol. The van der Waals surface area contributed by atoms with Crippen molar-refractivity contribution in [2.24, 2.45) is 5.73 Å². The number of nitrogens with zero attached hydrogens (tertiary/aromatic N) is 2.